The summed E-state index contributed by atoms with van der Waals surface area (Å²) in [5, 5.41) is 3.80. The Hall–Kier alpha value is -2.99. The minimum absolute atomic E-state index is 0.269. The van der Waals surface area contributed by atoms with E-state index in [1.54, 1.807) is 42.6 Å². The number of amides is 1. The van der Waals surface area contributed by atoms with Crippen LogP contribution in [0.5, 0.6) is 5.75 Å². The predicted octanol–water partition coefficient (Wildman–Crippen LogP) is 3.57. The number of nitrogens with zero attached hydrogens (tertiary/aromatic N) is 2. The highest BCUT2D eigenvalue weighted by molar-refractivity contribution is 6.09. The average molecular weight is 353 g/mol. The number of likely N-dealkylation sites (N-methyl/N-ethyl adjacent to an activating group) is 1. The third-order valence-corrected chi connectivity index (χ3v) is 3.94. The Bertz CT molecular complexity index is 911. The summed E-state index contributed by atoms with van der Waals surface area (Å²) in [5.74, 6) is 0.0709. The van der Waals surface area contributed by atoms with Crippen molar-refractivity contribution in [2.45, 2.75) is 0 Å². The SMILES string of the molecule is CN(C)CCOc1ccc(C(=O)Nc2ccc(F)c3cnccc23)cc1. The summed E-state index contributed by atoms with van der Waals surface area (Å²) in [6.45, 7) is 1.39. The molecule has 0 aliphatic heterocycles. The fourth-order valence-electron chi connectivity index (χ4n) is 2.51. The molecule has 1 heterocycles. The van der Waals surface area contributed by atoms with E-state index in [0.29, 0.717) is 34.4 Å². The second-order valence-electron chi connectivity index (χ2n) is 6.15. The number of hydrogen-bond acceptors (Lipinski definition) is 4. The highest BCUT2D eigenvalue weighted by Gasteiger charge is 2.11. The van der Waals surface area contributed by atoms with Crippen molar-refractivity contribution >= 4 is 22.4 Å². The van der Waals surface area contributed by atoms with Crippen molar-refractivity contribution in [1.82, 2.24) is 9.88 Å². The van der Waals surface area contributed by atoms with E-state index in [2.05, 4.69) is 10.3 Å². The molecule has 0 aliphatic rings. The first-order chi connectivity index (χ1) is 12.5. The van der Waals surface area contributed by atoms with Crippen LogP contribution in [0.15, 0.2) is 54.9 Å². The number of fused-ring (bicyclic) bond motifs is 1. The van der Waals surface area contributed by atoms with Crippen molar-refractivity contribution in [1.29, 1.82) is 0 Å². The van der Waals surface area contributed by atoms with E-state index < -0.39 is 0 Å². The van der Waals surface area contributed by atoms with Crippen LogP contribution in [-0.2, 0) is 0 Å². The number of carbonyl (C=O) groups excluding carboxylic acids is 1. The van der Waals surface area contributed by atoms with Gasteiger partial charge in [-0.2, -0.15) is 0 Å². The van der Waals surface area contributed by atoms with Crippen LogP contribution in [0.1, 0.15) is 10.4 Å². The smallest absolute Gasteiger partial charge is 0.255 e. The Labute approximate surface area is 151 Å². The van der Waals surface area contributed by atoms with Gasteiger partial charge in [0.05, 0.1) is 0 Å². The van der Waals surface area contributed by atoms with E-state index in [0.717, 1.165) is 6.54 Å². The molecular weight excluding hydrogens is 333 g/mol. The largest absolute Gasteiger partial charge is 0.492 e. The fraction of sp³-hybridized carbons (Fsp3) is 0.200. The van der Waals surface area contributed by atoms with Crippen molar-refractivity contribution in [3.05, 3.63) is 66.2 Å². The maximum Gasteiger partial charge on any atom is 0.255 e. The quantitative estimate of drug-likeness (QED) is 0.736. The maximum atomic E-state index is 13.9. The van der Waals surface area contributed by atoms with Crippen molar-refractivity contribution < 1.29 is 13.9 Å². The number of pyridine rings is 1. The Morgan fingerprint density at radius 3 is 2.62 bits per heavy atom. The molecule has 0 saturated heterocycles. The summed E-state index contributed by atoms with van der Waals surface area (Å²) in [7, 11) is 3.96. The van der Waals surface area contributed by atoms with Crippen LogP contribution in [0, 0.1) is 5.82 Å². The van der Waals surface area contributed by atoms with Crippen LogP contribution < -0.4 is 10.1 Å². The number of ether oxygens (including phenoxy) is 1. The average Bonchev–Trinajstić information content (AvgIpc) is 2.64. The summed E-state index contributed by atoms with van der Waals surface area (Å²) >= 11 is 0. The summed E-state index contributed by atoms with van der Waals surface area (Å²) in [6, 6.07) is 11.5. The van der Waals surface area contributed by atoms with E-state index >= 15 is 0 Å². The molecular formula is C20H20FN3O2. The maximum absolute atomic E-state index is 13.9. The molecule has 134 valence electrons. The standard InChI is InChI=1S/C20H20FN3O2/c1-24(2)11-12-26-15-5-3-14(4-6-15)20(25)23-19-8-7-18(21)17-13-22-10-9-16(17)19/h3-10,13H,11-12H2,1-2H3,(H,23,25). The number of anilines is 1. The molecule has 1 aromatic heterocycles. The van der Waals surface area contributed by atoms with Crippen molar-refractivity contribution in [2.24, 2.45) is 0 Å². The van der Waals surface area contributed by atoms with Gasteiger partial charge in [0.2, 0.25) is 0 Å². The zero-order chi connectivity index (χ0) is 18.5. The van der Waals surface area contributed by atoms with Gasteiger partial charge < -0.3 is 15.0 Å². The van der Waals surface area contributed by atoms with Crippen LogP contribution in [0.4, 0.5) is 10.1 Å². The zero-order valence-electron chi connectivity index (χ0n) is 14.7. The molecule has 0 fully saturated rings. The number of halogens is 1. The van der Waals surface area contributed by atoms with Gasteiger partial charge in [0.15, 0.2) is 0 Å². The minimum atomic E-state index is -0.370. The van der Waals surface area contributed by atoms with Crippen molar-refractivity contribution in [3.8, 4) is 5.75 Å². The first kappa shape index (κ1) is 17.8. The van der Waals surface area contributed by atoms with Crippen molar-refractivity contribution in [3.63, 3.8) is 0 Å². The van der Waals surface area contributed by atoms with Crippen molar-refractivity contribution in [2.75, 3.05) is 32.6 Å². The Balaban J connectivity index is 1.72. The lowest BCUT2D eigenvalue weighted by atomic mass is 10.1. The van der Waals surface area contributed by atoms with E-state index in [9.17, 15) is 9.18 Å². The fourth-order valence-corrected chi connectivity index (χ4v) is 2.51. The highest BCUT2D eigenvalue weighted by Crippen LogP contribution is 2.25. The molecule has 0 spiro atoms. The van der Waals surface area contributed by atoms with Gasteiger partial charge in [0.1, 0.15) is 18.2 Å². The second-order valence-corrected chi connectivity index (χ2v) is 6.15. The highest BCUT2D eigenvalue weighted by atomic mass is 19.1. The summed E-state index contributed by atoms with van der Waals surface area (Å²) < 4.78 is 19.5. The van der Waals surface area contributed by atoms with Crippen LogP contribution in [-0.4, -0.2) is 43.0 Å². The Kier molecular flexibility index (Phi) is 5.43. The number of carbonyl (C=O) groups is 1. The summed E-state index contributed by atoms with van der Waals surface area (Å²) in [4.78, 5) is 18.4. The number of hydrogen-bond donors (Lipinski definition) is 1. The summed E-state index contributed by atoms with van der Waals surface area (Å²) in [5.41, 5.74) is 1.04. The molecule has 0 aliphatic carbocycles. The molecule has 0 radical (unpaired) electrons. The zero-order valence-corrected chi connectivity index (χ0v) is 14.7. The molecule has 3 rings (SSSR count). The van der Waals surface area contributed by atoms with E-state index in [4.69, 9.17) is 4.74 Å². The summed E-state index contributed by atoms with van der Waals surface area (Å²) in [6.07, 6.45) is 3.01. The topological polar surface area (TPSA) is 54.5 Å². The number of rotatable bonds is 6. The van der Waals surface area contributed by atoms with Gasteiger partial charge in [-0.05, 0) is 56.6 Å². The van der Waals surface area contributed by atoms with Crippen LogP contribution in [0.3, 0.4) is 0 Å². The van der Waals surface area contributed by atoms with E-state index in [1.165, 1.54) is 12.3 Å². The van der Waals surface area contributed by atoms with Crippen LogP contribution in [0.2, 0.25) is 0 Å². The third-order valence-electron chi connectivity index (χ3n) is 3.94. The molecule has 0 atom stereocenters. The molecule has 5 nitrogen and oxygen atoms in total. The number of nitrogens with one attached hydrogen (secondary N) is 1. The molecule has 3 aromatic rings. The molecule has 1 N–H and O–H groups in total. The third kappa shape index (κ3) is 4.15. The van der Waals surface area contributed by atoms with E-state index in [-0.39, 0.29) is 11.7 Å². The van der Waals surface area contributed by atoms with Gasteiger partial charge in [-0.1, -0.05) is 0 Å². The molecule has 0 saturated carbocycles. The Morgan fingerprint density at radius 2 is 1.88 bits per heavy atom. The van der Waals surface area contributed by atoms with Crippen LogP contribution in [0.25, 0.3) is 10.8 Å². The lowest BCUT2D eigenvalue weighted by Crippen LogP contribution is -2.19. The van der Waals surface area contributed by atoms with Gasteiger partial charge in [-0.15, -0.1) is 0 Å². The Morgan fingerprint density at radius 1 is 1.12 bits per heavy atom. The molecule has 0 unspecified atom stereocenters. The van der Waals surface area contributed by atoms with Gasteiger partial charge in [0.25, 0.3) is 5.91 Å². The molecule has 2 aromatic carbocycles. The number of benzene rings is 2. The minimum Gasteiger partial charge on any atom is -0.492 e. The number of aromatic nitrogens is 1. The molecule has 1 amide bonds. The van der Waals surface area contributed by atoms with Gasteiger partial charge >= 0.3 is 0 Å². The lowest BCUT2D eigenvalue weighted by Gasteiger charge is -2.12. The van der Waals surface area contributed by atoms with Gasteiger partial charge in [0, 0.05) is 41.0 Å². The molecule has 26 heavy (non-hydrogen) atoms. The van der Waals surface area contributed by atoms with Gasteiger partial charge in [-0.3, -0.25) is 9.78 Å². The van der Waals surface area contributed by atoms with Crippen LogP contribution >= 0.6 is 0 Å². The monoisotopic (exact) mass is 353 g/mol. The molecule has 6 heteroatoms. The van der Waals surface area contributed by atoms with Gasteiger partial charge in [-0.25, -0.2) is 4.39 Å². The molecule has 0 bridgehead atoms. The second kappa shape index (κ2) is 7.93. The first-order valence-electron chi connectivity index (χ1n) is 8.26. The first-order valence-corrected chi connectivity index (χ1v) is 8.26. The predicted molar refractivity (Wildman–Crippen MR) is 100 cm³/mol. The normalized spacial score (nSPS) is 10.9. The lowest BCUT2D eigenvalue weighted by molar-refractivity contribution is 0.102. The van der Waals surface area contributed by atoms with E-state index in [1.807, 2.05) is 19.0 Å².